The van der Waals surface area contributed by atoms with Crippen LogP contribution in [-0.2, 0) is 9.59 Å². The van der Waals surface area contributed by atoms with E-state index in [4.69, 9.17) is 10.8 Å². The van der Waals surface area contributed by atoms with Gasteiger partial charge < -0.3 is 15.7 Å². The summed E-state index contributed by atoms with van der Waals surface area (Å²) in [6, 6.07) is 0. The number of rotatable bonds is 5. The van der Waals surface area contributed by atoms with Gasteiger partial charge in [0.25, 0.3) is 0 Å². The number of hydrogen-bond donors (Lipinski definition) is 2. The Morgan fingerprint density at radius 1 is 1.41 bits per heavy atom. The molecule has 0 radical (unpaired) electrons. The highest BCUT2D eigenvalue weighted by molar-refractivity contribution is 5.78. The van der Waals surface area contributed by atoms with Gasteiger partial charge in [0.05, 0.1) is 0 Å². The normalized spacial score (nSPS) is 19.1. The Hall–Kier alpha value is -1.10. The van der Waals surface area contributed by atoms with Crippen molar-refractivity contribution >= 4 is 11.9 Å². The third kappa shape index (κ3) is 4.34. The first-order valence-electron chi connectivity index (χ1n) is 6.25. The molecule has 17 heavy (non-hydrogen) atoms. The molecule has 1 saturated heterocycles. The first kappa shape index (κ1) is 14.0. The molecule has 1 amide bonds. The molecule has 1 aliphatic heterocycles. The number of carbonyl (C=O) groups is 2. The number of nitrogens with two attached hydrogens (primary N) is 1. The molecule has 98 valence electrons. The van der Waals surface area contributed by atoms with E-state index < -0.39 is 5.97 Å². The number of piperidine rings is 1. The number of hydrogen-bond acceptors (Lipinski definition) is 3. The van der Waals surface area contributed by atoms with E-state index >= 15 is 0 Å². The number of aliphatic carboxylic acids is 1. The minimum absolute atomic E-state index is 0.106. The Bertz CT molecular complexity index is 273. The van der Waals surface area contributed by atoms with Crippen molar-refractivity contribution in [3.8, 4) is 0 Å². The van der Waals surface area contributed by atoms with Crippen LogP contribution < -0.4 is 5.73 Å². The number of carboxylic acid groups (broad SMARTS) is 1. The number of likely N-dealkylation sites (tertiary alicyclic amines) is 1. The quantitative estimate of drug-likeness (QED) is 0.742. The molecule has 1 heterocycles. The van der Waals surface area contributed by atoms with Gasteiger partial charge in [0, 0.05) is 32.0 Å². The van der Waals surface area contributed by atoms with E-state index in [1.165, 1.54) is 0 Å². The summed E-state index contributed by atoms with van der Waals surface area (Å²) in [6.45, 7) is 3.72. The lowest BCUT2D eigenvalue weighted by molar-refractivity contribution is -0.138. The van der Waals surface area contributed by atoms with E-state index in [0.29, 0.717) is 12.5 Å². The maximum Gasteiger partial charge on any atom is 0.303 e. The van der Waals surface area contributed by atoms with Crippen LogP contribution in [0.2, 0.25) is 0 Å². The van der Waals surface area contributed by atoms with Gasteiger partial charge in [-0.2, -0.15) is 0 Å². The van der Waals surface area contributed by atoms with Crippen molar-refractivity contribution in [3.05, 3.63) is 0 Å². The molecule has 3 N–H and O–H groups in total. The lowest BCUT2D eigenvalue weighted by atomic mass is 9.91. The zero-order valence-corrected chi connectivity index (χ0v) is 10.4. The average molecular weight is 242 g/mol. The molecule has 0 spiro atoms. The fraction of sp³-hybridized carbons (Fsp3) is 0.833. The smallest absolute Gasteiger partial charge is 0.303 e. The Balaban J connectivity index is 2.30. The van der Waals surface area contributed by atoms with Gasteiger partial charge in [0.15, 0.2) is 0 Å². The second kappa shape index (κ2) is 6.59. The Morgan fingerprint density at radius 2 is 2.00 bits per heavy atom. The lowest BCUT2D eigenvalue weighted by Crippen LogP contribution is -2.42. The van der Waals surface area contributed by atoms with Crippen molar-refractivity contribution in [3.63, 3.8) is 0 Å². The standard InChI is InChI=1S/C12H22N2O3/c1-9(8-13)12(17)14-6-4-10(5-7-14)2-3-11(15)16/h9-10H,2-8,13H2,1H3,(H,15,16). The molecule has 0 aliphatic carbocycles. The largest absolute Gasteiger partial charge is 0.481 e. The first-order chi connectivity index (χ1) is 8.04. The van der Waals surface area contributed by atoms with Crippen LogP contribution in [0.1, 0.15) is 32.6 Å². The van der Waals surface area contributed by atoms with Crippen molar-refractivity contribution < 1.29 is 14.7 Å². The van der Waals surface area contributed by atoms with Crippen LogP contribution in [-0.4, -0.2) is 41.5 Å². The predicted molar refractivity (Wildman–Crippen MR) is 64.4 cm³/mol. The van der Waals surface area contributed by atoms with Gasteiger partial charge in [-0.1, -0.05) is 6.92 Å². The van der Waals surface area contributed by atoms with E-state index in [1.54, 1.807) is 0 Å². The third-order valence-corrected chi connectivity index (χ3v) is 3.47. The number of carboxylic acids is 1. The van der Waals surface area contributed by atoms with Gasteiger partial charge in [-0.25, -0.2) is 0 Å². The minimum Gasteiger partial charge on any atom is -0.481 e. The van der Waals surface area contributed by atoms with E-state index in [-0.39, 0.29) is 18.2 Å². The van der Waals surface area contributed by atoms with Crippen molar-refractivity contribution in [2.75, 3.05) is 19.6 Å². The fourth-order valence-electron chi connectivity index (χ4n) is 2.18. The van der Waals surface area contributed by atoms with E-state index in [0.717, 1.165) is 32.4 Å². The van der Waals surface area contributed by atoms with Crippen molar-refractivity contribution in [2.45, 2.75) is 32.6 Å². The first-order valence-corrected chi connectivity index (χ1v) is 6.25. The third-order valence-electron chi connectivity index (χ3n) is 3.47. The summed E-state index contributed by atoms with van der Waals surface area (Å²) in [6.07, 6.45) is 2.79. The molecule has 0 aromatic rings. The number of nitrogens with zero attached hydrogens (tertiary/aromatic N) is 1. The molecule has 1 rings (SSSR count). The number of carbonyl (C=O) groups excluding carboxylic acids is 1. The summed E-state index contributed by atoms with van der Waals surface area (Å²) in [4.78, 5) is 24.2. The zero-order chi connectivity index (χ0) is 12.8. The average Bonchev–Trinajstić information content (AvgIpc) is 2.35. The molecule has 0 aromatic heterocycles. The molecule has 0 saturated carbocycles. The highest BCUT2D eigenvalue weighted by atomic mass is 16.4. The number of amides is 1. The van der Waals surface area contributed by atoms with Gasteiger partial charge in [0.2, 0.25) is 5.91 Å². The maximum absolute atomic E-state index is 11.9. The van der Waals surface area contributed by atoms with Gasteiger partial charge >= 0.3 is 5.97 Å². The van der Waals surface area contributed by atoms with Crippen molar-refractivity contribution in [2.24, 2.45) is 17.6 Å². The molecule has 5 nitrogen and oxygen atoms in total. The van der Waals surface area contributed by atoms with Crippen LogP contribution in [0.25, 0.3) is 0 Å². The second-order valence-corrected chi connectivity index (χ2v) is 4.84. The molecule has 1 aliphatic rings. The Morgan fingerprint density at radius 3 is 2.47 bits per heavy atom. The Labute approximate surface area is 102 Å². The molecular formula is C12H22N2O3. The van der Waals surface area contributed by atoms with Gasteiger partial charge in [0.1, 0.15) is 0 Å². The van der Waals surface area contributed by atoms with Crippen molar-refractivity contribution in [1.29, 1.82) is 0 Å². The summed E-state index contributed by atoms with van der Waals surface area (Å²) in [7, 11) is 0. The van der Waals surface area contributed by atoms with E-state index in [9.17, 15) is 9.59 Å². The van der Waals surface area contributed by atoms with Crippen LogP contribution in [0.4, 0.5) is 0 Å². The van der Waals surface area contributed by atoms with E-state index in [1.807, 2.05) is 11.8 Å². The van der Waals surface area contributed by atoms with Crippen LogP contribution >= 0.6 is 0 Å². The monoisotopic (exact) mass is 242 g/mol. The topological polar surface area (TPSA) is 83.6 Å². The SMILES string of the molecule is CC(CN)C(=O)N1CCC(CCC(=O)O)CC1. The van der Waals surface area contributed by atoms with Crippen LogP contribution in [0.3, 0.4) is 0 Å². The maximum atomic E-state index is 11.9. The van der Waals surface area contributed by atoms with Gasteiger partial charge in [-0.3, -0.25) is 9.59 Å². The summed E-state index contributed by atoms with van der Waals surface area (Å²) in [5.74, 6) is -0.265. The molecule has 1 unspecified atom stereocenters. The van der Waals surface area contributed by atoms with E-state index in [2.05, 4.69) is 0 Å². The van der Waals surface area contributed by atoms with Crippen LogP contribution in [0.15, 0.2) is 0 Å². The minimum atomic E-state index is -0.736. The molecule has 1 fully saturated rings. The van der Waals surface area contributed by atoms with Crippen LogP contribution in [0.5, 0.6) is 0 Å². The summed E-state index contributed by atoms with van der Waals surface area (Å²) in [5.41, 5.74) is 5.48. The predicted octanol–water partition coefficient (Wildman–Crippen LogP) is 0.685. The second-order valence-electron chi connectivity index (χ2n) is 4.84. The lowest BCUT2D eigenvalue weighted by Gasteiger charge is -2.33. The summed E-state index contributed by atoms with van der Waals surface area (Å²) < 4.78 is 0. The molecule has 0 aromatic carbocycles. The van der Waals surface area contributed by atoms with Gasteiger partial charge in [-0.15, -0.1) is 0 Å². The Kier molecular flexibility index (Phi) is 5.41. The summed E-state index contributed by atoms with van der Waals surface area (Å²) in [5, 5.41) is 8.61. The van der Waals surface area contributed by atoms with Gasteiger partial charge in [-0.05, 0) is 25.2 Å². The molecular weight excluding hydrogens is 220 g/mol. The molecule has 1 atom stereocenters. The summed E-state index contributed by atoms with van der Waals surface area (Å²) >= 11 is 0. The highest BCUT2D eigenvalue weighted by Crippen LogP contribution is 2.22. The van der Waals surface area contributed by atoms with Crippen LogP contribution in [0, 0.1) is 11.8 Å². The zero-order valence-electron chi connectivity index (χ0n) is 10.4. The molecule has 0 bridgehead atoms. The highest BCUT2D eigenvalue weighted by Gasteiger charge is 2.25. The fourth-order valence-corrected chi connectivity index (χ4v) is 2.18. The molecule has 5 heteroatoms. The van der Waals surface area contributed by atoms with Crippen molar-refractivity contribution in [1.82, 2.24) is 4.90 Å².